The minimum atomic E-state index is -0.00479. The third kappa shape index (κ3) is 4.08. The van der Waals surface area contributed by atoms with Gasteiger partial charge in [0.1, 0.15) is 0 Å². The van der Waals surface area contributed by atoms with Crippen LogP contribution in [-0.4, -0.2) is 24.8 Å². The largest absolute Gasteiger partial charge is 0.396 e. The van der Waals surface area contributed by atoms with E-state index in [0.717, 1.165) is 19.4 Å². The molecule has 0 saturated carbocycles. The summed E-state index contributed by atoms with van der Waals surface area (Å²) in [7, 11) is 0. The fourth-order valence-corrected chi connectivity index (χ4v) is 1.38. The summed E-state index contributed by atoms with van der Waals surface area (Å²) in [6.45, 7) is 7.80. The fourth-order valence-electron chi connectivity index (χ4n) is 1.38. The zero-order valence-corrected chi connectivity index (χ0v) is 9.51. The SMILES string of the molecule is CCC(CC)(CO)CNCC(C)C#N. The molecule has 0 aliphatic heterocycles. The van der Waals surface area contributed by atoms with Crippen LogP contribution in [-0.2, 0) is 0 Å². The predicted molar refractivity (Wildman–Crippen MR) is 57.7 cm³/mol. The number of hydrogen-bond acceptors (Lipinski definition) is 3. The second kappa shape index (κ2) is 6.80. The molecule has 82 valence electrons. The number of aliphatic hydroxyl groups excluding tert-OH is 1. The Morgan fingerprint density at radius 2 is 2.00 bits per heavy atom. The van der Waals surface area contributed by atoms with E-state index in [2.05, 4.69) is 25.2 Å². The normalized spacial score (nSPS) is 13.6. The molecule has 0 spiro atoms. The molecule has 0 bridgehead atoms. The molecule has 0 heterocycles. The maximum atomic E-state index is 9.29. The number of nitriles is 1. The number of aliphatic hydroxyl groups is 1. The van der Waals surface area contributed by atoms with Crippen molar-refractivity contribution < 1.29 is 5.11 Å². The Morgan fingerprint density at radius 3 is 2.36 bits per heavy atom. The smallest absolute Gasteiger partial charge is 0.0666 e. The molecule has 0 fully saturated rings. The van der Waals surface area contributed by atoms with Gasteiger partial charge in [0.15, 0.2) is 0 Å². The van der Waals surface area contributed by atoms with Crippen molar-refractivity contribution in [1.82, 2.24) is 5.32 Å². The first-order chi connectivity index (χ1) is 6.64. The first-order valence-corrected chi connectivity index (χ1v) is 5.35. The summed E-state index contributed by atoms with van der Waals surface area (Å²) in [6, 6.07) is 2.18. The molecule has 0 aliphatic rings. The molecule has 1 atom stereocenters. The topological polar surface area (TPSA) is 56.0 Å². The number of rotatable bonds is 7. The third-order valence-corrected chi connectivity index (χ3v) is 3.01. The molecule has 0 amide bonds. The quantitative estimate of drug-likeness (QED) is 0.652. The van der Waals surface area contributed by atoms with Gasteiger partial charge in [-0.2, -0.15) is 5.26 Å². The lowest BCUT2D eigenvalue weighted by atomic mass is 9.83. The summed E-state index contributed by atoms with van der Waals surface area (Å²) >= 11 is 0. The van der Waals surface area contributed by atoms with Gasteiger partial charge in [0, 0.05) is 25.1 Å². The van der Waals surface area contributed by atoms with Crippen LogP contribution in [0.1, 0.15) is 33.6 Å². The average molecular weight is 198 g/mol. The first kappa shape index (κ1) is 13.4. The Hall–Kier alpha value is -0.590. The average Bonchev–Trinajstić information content (AvgIpc) is 2.25. The van der Waals surface area contributed by atoms with Crippen molar-refractivity contribution in [2.45, 2.75) is 33.6 Å². The van der Waals surface area contributed by atoms with Gasteiger partial charge in [0.05, 0.1) is 12.0 Å². The molecular weight excluding hydrogens is 176 g/mol. The van der Waals surface area contributed by atoms with Crippen molar-refractivity contribution in [3.8, 4) is 6.07 Å². The van der Waals surface area contributed by atoms with Crippen LogP contribution in [0.3, 0.4) is 0 Å². The standard InChI is InChI=1S/C11H22N2O/c1-4-11(5-2,9-14)8-13-7-10(3)6-12/h10,13-14H,4-5,7-9H2,1-3H3. The summed E-state index contributed by atoms with van der Waals surface area (Å²) < 4.78 is 0. The number of nitrogens with one attached hydrogen (secondary N) is 1. The molecule has 3 heteroatoms. The van der Waals surface area contributed by atoms with E-state index in [9.17, 15) is 5.11 Å². The summed E-state index contributed by atoms with van der Waals surface area (Å²) in [4.78, 5) is 0. The Kier molecular flexibility index (Phi) is 6.52. The van der Waals surface area contributed by atoms with Crippen LogP contribution in [0.5, 0.6) is 0 Å². The summed E-state index contributed by atoms with van der Waals surface area (Å²) in [5.41, 5.74) is -0.00479. The molecule has 0 aromatic carbocycles. The van der Waals surface area contributed by atoms with Gasteiger partial charge in [-0.15, -0.1) is 0 Å². The van der Waals surface area contributed by atoms with E-state index in [-0.39, 0.29) is 17.9 Å². The van der Waals surface area contributed by atoms with E-state index in [0.29, 0.717) is 6.54 Å². The van der Waals surface area contributed by atoms with Gasteiger partial charge in [-0.3, -0.25) is 0 Å². The zero-order chi connectivity index (χ0) is 11.0. The molecule has 0 radical (unpaired) electrons. The molecule has 1 unspecified atom stereocenters. The van der Waals surface area contributed by atoms with Crippen molar-refractivity contribution in [3.05, 3.63) is 0 Å². The fraction of sp³-hybridized carbons (Fsp3) is 0.909. The highest BCUT2D eigenvalue weighted by Crippen LogP contribution is 2.24. The Bertz CT molecular complexity index is 174. The maximum Gasteiger partial charge on any atom is 0.0666 e. The van der Waals surface area contributed by atoms with Crippen molar-refractivity contribution in [3.63, 3.8) is 0 Å². The van der Waals surface area contributed by atoms with Gasteiger partial charge in [-0.25, -0.2) is 0 Å². The van der Waals surface area contributed by atoms with Gasteiger partial charge < -0.3 is 10.4 Å². The van der Waals surface area contributed by atoms with Crippen LogP contribution >= 0.6 is 0 Å². The maximum absolute atomic E-state index is 9.29. The third-order valence-electron chi connectivity index (χ3n) is 3.01. The van der Waals surface area contributed by atoms with Crippen molar-refractivity contribution in [2.75, 3.05) is 19.7 Å². The van der Waals surface area contributed by atoms with E-state index in [1.54, 1.807) is 0 Å². The molecule has 0 aromatic heterocycles. The van der Waals surface area contributed by atoms with Crippen molar-refractivity contribution >= 4 is 0 Å². The Balaban J connectivity index is 3.89. The molecular formula is C11H22N2O. The lowest BCUT2D eigenvalue weighted by Gasteiger charge is -2.29. The lowest BCUT2D eigenvalue weighted by molar-refractivity contribution is 0.113. The molecule has 0 rings (SSSR count). The Labute approximate surface area is 87.1 Å². The van der Waals surface area contributed by atoms with Crippen LogP contribution in [0.4, 0.5) is 0 Å². The second-order valence-electron chi connectivity index (χ2n) is 4.03. The molecule has 0 aromatic rings. The van der Waals surface area contributed by atoms with E-state index >= 15 is 0 Å². The van der Waals surface area contributed by atoms with E-state index in [1.807, 2.05) is 6.92 Å². The van der Waals surface area contributed by atoms with Gasteiger partial charge in [0.25, 0.3) is 0 Å². The summed E-state index contributed by atoms with van der Waals surface area (Å²) in [5, 5.41) is 21.1. The number of nitrogens with zero attached hydrogens (tertiary/aromatic N) is 1. The minimum absolute atomic E-state index is 0.00479. The van der Waals surface area contributed by atoms with Crippen LogP contribution in [0.15, 0.2) is 0 Å². The van der Waals surface area contributed by atoms with Crippen LogP contribution < -0.4 is 5.32 Å². The summed E-state index contributed by atoms with van der Waals surface area (Å²) in [6.07, 6.45) is 1.93. The van der Waals surface area contributed by atoms with E-state index in [1.165, 1.54) is 0 Å². The first-order valence-electron chi connectivity index (χ1n) is 5.35. The summed E-state index contributed by atoms with van der Waals surface area (Å²) in [5.74, 6) is 0.0418. The molecule has 3 nitrogen and oxygen atoms in total. The van der Waals surface area contributed by atoms with Crippen LogP contribution in [0.25, 0.3) is 0 Å². The minimum Gasteiger partial charge on any atom is -0.396 e. The molecule has 0 saturated heterocycles. The molecule has 2 N–H and O–H groups in total. The zero-order valence-electron chi connectivity index (χ0n) is 9.51. The van der Waals surface area contributed by atoms with Gasteiger partial charge in [0.2, 0.25) is 0 Å². The van der Waals surface area contributed by atoms with Gasteiger partial charge >= 0.3 is 0 Å². The van der Waals surface area contributed by atoms with E-state index in [4.69, 9.17) is 5.26 Å². The monoisotopic (exact) mass is 198 g/mol. The van der Waals surface area contributed by atoms with E-state index < -0.39 is 0 Å². The molecule has 14 heavy (non-hydrogen) atoms. The second-order valence-corrected chi connectivity index (χ2v) is 4.03. The van der Waals surface area contributed by atoms with Crippen LogP contribution in [0, 0.1) is 22.7 Å². The van der Waals surface area contributed by atoms with Gasteiger partial charge in [-0.1, -0.05) is 13.8 Å². The highest BCUT2D eigenvalue weighted by atomic mass is 16.3. The number of hydrogen-bond donors (Lipinski definition) is 2. The highest BCUT2D eigenvalue weighted by molar-refractivity contribution is 4.83. The lowest BCUT2D eigenvalue weighted by Crippen LogP contribution is -2.38. The highest BCUT2D eigenvalue weighted by Gasteiger charge is 2.24. The van der Waals surface area contributed by atoms with Crippen molar-refractivity contribution in [2.24, 2.45) is 11.3 Å². The Morgan fingerprint density at radius 1 is 1.43 bits per heavy atom. The van der Waals surface area contributed by atoms with Crippen molar-refractivity contribution in [1.29, 1.82) is 5.26 Å². The van der Waals surface area contributed by atoms with Gasteiger partial charge in [-0.05, 0) is 19.8 Å². The van der Waals surface area contributed by atoms with Crippen LogP contribution in [0.2, 0.25) is 0 Å². The predicted octanol–water partition coefficient (Wildman–Crippen LogP) is 1.53. The molecule has 0 aliphatic carbocycles.